The molecule has 20 heavy (non-hydrogen) atoms. The van der Waals surface area contributed by atoms with Crippen molar-refractivity contribution in [1.82, 2.24) is 0 Å². The van der Waals surface area contributed by atoms with Gasteiger partial charge in [0.2, 0.25) is 0 Å². The van der Waals surface area contributed by atoms with Crippen LogP contribution in [0.3, 0.4) is 0 Å². The van der Waals surface area contributed by atoms with Crippen molar-refractivity contribution >= 4 is 31.6 Å². The normalized spacial score (nSPS) is 15.8. The van der Waals surface area contributed by atoms with Gasteiger partial charge in [-0.2, -0.15) is 8.42 Å². The summed E-state index contributed by atoms with van der Waals surface area (Å²) in [6.45, 7) is 1.38. The lowest BCUT2D eigenvalue weighted by Gasteiger charge is -2.13. The zero-order chi connectivity index (χ0) is 15.6. The van der Waals surface area contributed by atoms with E-state index in [1.165, 1.54) is 31.2 Å². The maximum atomic E-state index is 11.6. The van der Waals surface area contributed by atoms with Crippen LogP contribution < -0.4 is 5.73 Å². The second-order valence-corrected chi connectivity index (χ2v) is 9.13. The predicted molar refractivity (Wildman–Crippen MR) is 76.9 cm³/mol. The first-order valence-electron chi connectivity index (χ1n) is 5.72. The molecule has 0 aliphatic carbocycles. The van der Waals surface area contributed by atoms with Crippen LogP contribution in [0.2, 0.25) is 0 Å². The Morgan fingerprint density at radius 1 is 1.20 bits per heavy atom. The number of halogens is 1. The Morgan fingerprint density at radius 2 is 1.70 bits per heavy atom. The molecule has 0 amide bonds. The average molecular weight is 342 g/mol. The quantitative estimate of drug-likeness (QED) is 0.595. The Morgan fingerprint density at radius 3 is 2.10 bits per heavy atom. The molecule has 1 aromatic carbocycles. The molecule has 0 fully saturated rings. The van der Waals surface area contributed by atoms with E-state index in [-0.39, 0.29) is 17.1 Å². The molecule has 6 nitrogen and oxygen atoms in total. The van der Waals surface area contributed by atoms with Crippen LogP contribution in [0, 0.1) is 0 Å². The van der Waals surface area contributed by atoms with Gasteiger partial charge in [0, 0.05) is 6.04 Å². The number of sulfone groups is 1. The molecule has 9 heteroatoms. The van der Waals surface area contributed by atoms with Crippen LogP contribution in [0.5, 0.6) is 0 Å². The number of rotatable bonds is 6. The highest BCUT2D eigenvalue weighted by Crippen LogP contribution is 2.19. The first-order valence-corrected chi connectivity index (χ1v) is 9.32. The molecule has 2 unspecified atom stereocenters. The van der Waals surface area contributed by atoms with Gasteiger partial charge >= 0.3 is 0 Å². The van der Waals surface area contributed by atoms with Crippen molar-refractivity contribution < 1.29 is 21.4 Å². The van der Waals surface area contributed by atoms with Gasteiger partial charge in [-0.1, -0.05) is 12.1 Å². The first-order chi connectivity index (χ1) is 9.04. The number of benzene rings is 1. The van der Waals surface area contributed by atoms with Crippen molar-refractivity contribution in [2.75, 3.05) is 5.75 Å². The van der Waals surface area contributed by atoms with E-state index in [4.69, 9.17) is 21.9 Å². The second kappa shape index (κ2) is 6.40. The lowest BCUT2D eigenvalue weighted by Crippen LogP contribution is -2.20. The third-order valence-electron chi connectivity index (χ3n) is 2.81. The summed E-state index contributed by atoms with van der Waals surface area (Å²) in [5.74, 6) is -0.154. The highest BCUT2D eigenvalue weighted by Gasteiger charge is 2.20. The van der Waals surface area contributed by atoms with E-state index in [9.17, 15) is 16.8 Å². The summed E-state index contributed by atoms with van der Waals surface area (Å²) in [5.41, 5.74) is 6.42. The van der Waals surface area contributed by atoms with Gasteiger partial charge in [-0.3, -0.25) is 4.55 Å². The summed E-state index contributed by atoms with van der Waals surface area (Å²) < 4.78 is 52.7. The number of hydrogen-bond acceptors (Lipinski definition) is 5. The van der Waals surface area contributed by atoms with Crippen molar-refractivity contribution in [2.24, 2.45) is 5.73 Å². The molecule has 1 aromatic rings. The fourth-order valence-corrected chi connectivity index (χ4v) is 3.16. The molecular formula is C11H16ClNO5S2. The van der Waals surface area contributed by atoms with Gasteiger partial charge in [0.15, 0.2) is 9.84 Å². The molecule has 0 saturated heterocycles. The lowest BCUT2D eigenvalue weighted by atomic mass is 10.1. The fourth-order valence-electron chi connectivity index (χ4n) is 1.51. The van der Waals surface area contributed by atoms with Crippen LogP contribution >= 0.6 is 11.6 Å². The molecule has 3 N–H and O–H groups in total. The predicted octanol–water partition coefficient (Wildman–Crippen LogP) is 1.32. The average Bonchev–Trinajstić information content (AvgIpc) is 2.35. The molecule has 0 spiro atoms. The van der Waals surface area contributed by atoms with Crippen LogP contribution in [0.1, 0.15) is 24.9 Å². The molecule has 0 aromatic heterocycles. The minimum absolute atomic E-state index is 0.154. The van der Waals surface area contributed by atoms with E-state index in [1.54, 1.807) is 0 Å². The standard InChI is InChI=1S/C11H16ClNO5S2/c1-8(12)19(14,15)7-6-11(13)9-2-4-10(5-3-9)20(16,17)18/h2-5,8,11H,6-7,13H2,1H3,(H,16,17,18). The molecule has 0 aliphatic heterocycles. The van der Waals surface area contributed by atoms with E-state index >= 15 is 0 Å². The third kappa shape index (κ3) is 4.71. The van der Waals surface area contributed by atoms with Gasteiger partial charge in [0.1, 0.15) is 4.71 Å². The van der Waals surface area contributed by atoms with Gasteiger partial charge < -0.3 is 5.73 Å². The van der Waals surface area contributed by atoms with Gasteiger partial charge in [-0.05, 0) is 31.0 Å². The lowest BCUT2D eigenvalue weighted by molar-refractivity contribution is 0.483. The fraction of sp³-hybridized carbons (Fsp3) is 0.455. The summed E-state index contributed by atoms with van der Waals surface area (Å²) in [6.07, 6.45) is 0.171. The number of alkyl halides is 1. The number of nitrogens with two attached hydrogens (primary N) is 1. The second-order valence-electron chi connectivity index (χ2n) is 4.35. The van der Waals surface area contributed by atoms with Crippen molar-refractivity contribution in [2.45, 2.75) is 29.0 Å². The summed E-state index contributed by atoms with van der Waals surface area (Å²) in [7, 11) is -7.63. The SMILES string of the molecule is CC(Cl)S(=O)(=O)CCC(N)c1ccc(S(=O)(=O)O)cc1. The van der Waals surface area contributed by atoms with Crippen LogP contribution in [0.15, 0.2) is 29.2 Å². The molecule has 0 radical (unpaired) electrons. The summed E-state index contributed by atoms with van der Waals surface area (Å²) in [5, 5.41) is 0. The molecule has 2 atom stereocenters. The summed E-state index contributed by atoms with van der Waals surface area (Å²) in [6, 6.07) is 4.73. The van der Waals surface area contributed by atoms with Gasteiger partial charge in [-0.15, -0.1) is 11.6 Å². The van der Waals surface area contributed by atoms with E-state index in [1.807, 2.05) is 0 Å². The van der Waals surface area contributed by atoms with Crippen LogP contribution in [0.25, 0.3) is 0 Å². The van der Waals surface area contributed by atoms with Crippen LogP contribution in [-0.4, -0.2) is 31.9 Å². The zero-order valence-electron chi connectivity index (χ0n) is 10.7. The summed E-state index contributed by atoms with van der Waals surface area (Å²) in [4.78, 5) is -0.240. The molecule has 0 bridgehead atoms. The van der Waals surface area contributed by atoms with E-state index < -0.39 is 30.7 Å². The van der Waals surface area contributed by atoms with Gasteiger partial charge in [0.05, 0.1) is 10.6 Å². The Labute approximate surface area is 123 Å². The molecule has 1 rings (SSSR count). The minimum atomic E-state index is -4.25. The number of hydrogen-bond donors (Lipinski definition) is 2. The molecular weight excluding hydrogens is 326 g/mol. The first kappa shape index (κ1) is 17.4. The third-order valence-corrected chi connectivity index (χ3v) is 6.29. The zero-order valence-corrected chi connectivity index (χ0v) is 13.1. The Hall–Kier alpha value is -0.670. The monoisotopic (exact) mass is 341 g/mol. The smallest absolute Gasteiger partial charge is 0.294 e. The van der Waals surface area contributed by atoms with Crippen LogP contribution in [0.4, 0.5) is 0 Å². The van der Waals surface area contributed by atoms with E-state index in [0.29, 0.717) is 5.56 Å². The molecule has 114 valence electrons. The Balaban J connectivity index is 2.77. The Kier molecular flexibility index (Phi) is 5.56. The Bertz CT molecular complexity index is 653. The van der Waals surface area contributed by atoms with Crippen molar-refractivity contribution in [3.63, 3.8) is 0 Å². The summed E-state index contributed by atoms with van der Waals surface area (Å²) >= 11 is 5.55. The largest absolute Gasteiger partial charge is 0.324 e. The van der Waals surface area contributed by atoms with Gasteiger partial charge in [0.25, 0.3) is 10.1 Å². The van der Waals surface area contributed by atoms with Crippen molar-refractivity contribution in [1.29, 1.82) is 0 Å². The highest BCUT2D eigenvalue weighted by molar-refractivity contribution is 7.93. The molecule has 0 heterocycles. The maximum absolute atomic E-state index is 11.6. The van der Waals surface area contributed by atoms with Crippen molar-refractivity contribution in [3.8, 4) is 0 Å². The minimum Gasteiger partial charge on any atom is -0.324 e. The topological polar surface area (TPSA) is 115 Å². The maximum Gasteiger partial charge on any atom is 0.294 e. The highest BCUT2D eigenvalue weighted by atomic mass is 35.5. The van der Waals surface area contributed by atoms with Crippen LogP contribution in [-0.2, 0) is 20.0 Å². The van der Waals surface area contributed by atoms with Gasteiger partial charge in [-0.25, -0.2) is 8.42 Å². The molecule has 0 aliphatic rings. The van der Waals surface area contributed by atoms with Crippen molar-refractivity contribution in [3.05, 3.63) is 29.8 Å². The molecule has 0 saturated carbocycles. The van der Waals surface area contributed by atoms with E-state index in [0.717, 1.165) is 0 Å². The van der Waals surface area contributed by atoms with E-state index in [2.05, 4.69) is 0 Å².